The molecule has 3 aromatic rings. The van der Waals surface area contributed by atoms with Crippen LogP contribution in [0.3, 0.4) is 0 Å². The lowest BCUT2D eigenvalue weighted by atomic mass is 10.0. The van der Waals surface area contributed by atoms with Crippen LogP contribution < -0.4 is 5.32 Å². The number of anilines is 1. The van der Waals surface area contributed by atoms with Crippen molar-refractivity contribution in [3.05, 3.63) is 66.0 Å². The molecule has 0 bridgehead atoms. The number of hydrogen-bond donors (Lipinski definition) is 1. The Balaban J connectivity index is 1.91. The van der Waals surface area contributed by atoms with Crippen molar-refractivity contribution in [1.29, 1.82) is 0 Å². The van der Waals surface area contributed by atoms with Crippen molar-refractivity contribution in [1.82, 2.24) is 20.2 Å². The fraction of sp³-hybridized carbons (Fsp3) is 0.188. The van der Waals surface area contributed by atoms with Crippen molar-refractivity contribution in [2.24, 2.45) is 0 Å². The van der Waals surface area contributed by atoms with Gasteiger partial charge < -0.3 is 5.32 Å². The smallest absolute Gasteiger partial charge is 0.143 e. The van der Waals surface area contributed by atoms with E-state index in [1.807, 2.05) is 24.3 Å². The van der Waals surface area contributed by atoms with Gasteiger partial charge in [-0.25, -0.2) is 0 Å². The van der Waals surface area contributed by atoms with E-state index >= 15 is 0 Å². The molecule has 3 rings (SSSR count). The molecule has 0 aliphatic rings. The standard InChI is InChI=1S/C16H17N5/c1-12-7-3-4-8-14(12)13(2)18-15-9-5-6-10-16(15)21-11-17-19-20-21/h3-11,13,18H,1-2H3. The van der Waals surface area contributed by atoms with Crippen LogP contribution in [-0.2, 0) is 0 Å². The molecule has 0 fully saturated rings. The molecule has 0 aliphatic carbocycles. The summed E-state index contributed by atoms with van der Waals surface area (Å²) < 4.78 is 1.66. The van der Waals surface area contributed by atoms with Crippen LogP contribution >= 0.6 is 0 Å². The molecule has 1 aromatic heterocycles. The summed E-state index contributed by atoms with van der Waals surface area (Å²) in [5, 5.41) is 14.9. The molecule has 0 aliphatic heterocycles. The van der Waals surface area contributed by atoms with E-state index in [2.05, 4.69) is 59.0 Å². The number of tetrazole rings is 1. The fourth-order valence-electron chi connectivity index (χ4n) is 2.45. The van der Waals surface area contributed by atoms with Gasteiger partial charge in [-0.3, -0.25) is 0 Å². The summed E-state index contributed by atoms with van der Waals surface area (Å²) in [6.07, 6.45) is 1.60. The van der Waals surface area contributed by atoms with Gasteiger partial charge in [-0.15, -0.1) is 5.10 Å². The number of aromatic nitrogens is 4. The van der Waals surface area contributed by atoms with Crippen LogP contribution in [0.25, 0.3) is 5.69 Å². The summed E-state index contributed by atoms with van der Waals surface area (Å²) in [5.74, 6) is 0. The van der Waals surface area contributed by atoms with Crippen molar-refractivity contribution in [2.75, 3.05) is 5.32 Å². The van der Waals surface area contributed by atoms with Gasteiger partial charge in [0, 0.05) is 6.04 Å². The summed E-state index contributed by atoms with van der Waals surface area (Å²) >= 11 is 0. The Bertz CT molecular complexity index is 721. The highest BCUT2D eigenvalue weighted by atomic mass is 15.5. The Morgan fingerprint density at radius 2 is 1.81 bits per heavy atom. The van der Waals surface area contributed by atoms with Crippen LogP contribution in [0.2, 0.25) is 0 Å². The highest BCUT2D eigenvalue weighted by molar-refractivity contribution is 5.61. The second-order valence-electron chi connectivity index (χ2n) is 4.99. The highest BCUT2D eigenvalue weighted by Crippen LogP contribution is 2.25. The highest BCUT2D eigenvalue weighted by Gasteiger charge is 2.11. The molecular formula is C16H17N5. The molecule has 1 atom stereocenters. The van der Waals surface area contributed by atoms with Crippen molar-refractivity contribution in [3.63, 3.8) is 0 Å². The lowest BCUT2D eigenvalue weighted by Gasteiger charge is -2.19. The number of para-hydroxylation sites is 2. The summed E-state index contributed by atoms with van der Waals surface area (Å²) in [7, 11) is 0. The SMILES string of the molecule is Cc1ccccc1C(C)Nc1ccccc1-n1cnnn1. The van der Waals surface area contributed by atoms with E-state index in [-0.39, 0.29) is 6.04 Å². The number of nitrogens with one attached hydrogen (secondary N) is 1. The van der Waals surface area contributed by atoms with E-state index in [1.54, 1.807) is 11.0 Å². The largest absolute Gasteiger partial charge is 0.377 e. The number of rotatable bonds is 4. The Kier molecular flexibility index (Phi) is 3.64. The van der Waals surface area contributed by atoms with E-state index in [1.165, 1.54) is 11.1 Å². The topological polar surface area (TPSA) is 55.6 Å². The third-order valence-corrected chi connectivity index (χ3v) is 3.53. The molecule has 21 heavy (non-hydrogen) atoms. The summed E-state index contributed by atoms with van der Waals surface area (Å²) in [4.78, 5) is 0. The second kappa shape index (κ2) is 5.75. The summed E-state index contributed by atoms with van der Waals surface area (Å²) in [5.41, 5.74) is 4.49. The number of benzene rings is 2. The molecule has 1 unspecified atom stereocenters. The maximum absolute atomic E-state index is 3.96. The fourth-order valence-corrected chi connectivity index (χ4v) is 2.45. The zero-order chi connectivity index (χ0) is 14.7. The predicted molar refractivity (Wildman–Crippen MR) is 82.4 cm³/mol. The number of aryl methyl sites for hydroxylation is 1. The van der Waals surface area contributed by atoms with E-state index in [9.17, 15) is 0 Å². The molecule has 106 valence electrons. The summed E-state index contributed by atoms with van der Waals surface area (Å²) in [6.45, 7) is 4.28. The zero-order valence-electron chi connectivity index (χ0n) is 12.1. The minimum Gasteiger partial charge on any atom is -0.377 e. The lowest BCUT2D eigenvalue weighted by Crippen LogP contribution is -2.10. The van der Waals surface area contributed by atoms with E-state index in [0.29, 0.717) is 0 Å². The zero-order valence-corrected chi connectivity index (χ0v) is 12.1. The Morgan fingerprint density at radius 3 is 2.57 bits per heavy atom. The lowest BCUT2D eigenvalue weighted by molar-refractivity contribution is 0.785. The van der Waals surface area contributed by atoms with Gasteiger partial charge in [-0.1, -0.05) is 36.4 Å². The van der Waals surface area contributed by atoms with Gasteiger partial charge in [0.1, 0.15) is 6.33 Å². The molecule has 0 saturated carbocycles. The average molecular weight is 279 g/mol. The molecule has 0 saturated heterocycles. The predicted octanol–water partition coefficient (Wildman–Crippen LogP) is 3.14. The normalized spacial score (nSPS) is 12.1. The third-order valence-electron chi connectivity index (χ3n) is 3.53. The first-order chi connectivity index (χ1) is 10.3. The van der Waals surface area contributed by atoms with E-state index < -0.39 is 0 Å². The van der Waals surface area contributed by atoms with Crippen LogP contribution in [0.15, 0.2) is 54.9 Å². The van der Waals surface area contributed by atoms with Gasteiger partial charge >= 0.3 is 0 Å². The summed E-state index contributed by atoms with van der Waals surface area (Å²) in [6, 6.07) is 16.6. The first-order valence-corrected chi connectivity index (χ1v) is 6.90. The van der Waals surface area contributed by atoms with Gasteiger partial charge in [0.05, 0.1) is 11.4 Å². The van der Waals surface area contributed by atoms with E-state index in [0.717, 1.165) is 11.4 Å². The van der Waals surface area contributed by atoms with Gasteiger partial charge in [0.25, 0.3) is 0 Å². The van der Waals surface area contributed by atoms with Crippen molar-refractivity contribution < 1.29 is 0 Å². The molecular weight excluding hydrogens is 262 g/mol. The minimum atomic E-state index is 0.198. The Morgan fingerprint density at radius 1 is 1.05 bits per heavy atom. The molecule has 5 heteroatoms. The number of nitrogens with zero attached hydrogens (tertiary/aromatic N) is 4. The van der Waals surface area contributed by atoms with Gasteiger partial charge in [0.15, 0.2) is 0 Å². The molecule has 0 spiro atoms. The minimum absolute atomic E-state index is 0.198. The van der Waals surface area contributed by atoms with Crippen LogP contribution in [-0.4, -0.2) is 20.2 Å². The molecule has 0 amide bonds. The first-order valence-electron chi connectivity index (χ1n) is 6.90. The maximum Gasteiger partial charge on any atom is 0.143 e. The van der Waals surface area contributed by atoms with E-state index in [4.69, 9.17) is 0 Å². The molecule has 2 aromatic carbocycles. The average Bonchev–Trinajstić information content (AvgIpc) is 3.02. The molecule has 0 radical (unpaired) electrons. The van der Waals surface area contributed by atoms with Gasteiger partial charge in [-0.2, -0.15) is 4.68 Å². The number of hydrogen-bond acceptors (Lipinski definition) is 4. The monoisotopic (exact) mass is 279 g/mol. The van der Waals surface area contributed by atoms with Gasteiger partial charge in [-0.05, 0) is 47.5 Å². The third kappa shape index (κ3) is 2.76. The van der Waals surface area contributed by atoms with Crippen LogP contribution in [0, 0.1) is 6.92 Å². The van der Waals surface area contributed by atoms with Crippen LogP contribution in [0.5, 0.6) is 0 Å². The van der Waals surface area contributed by atoms with Crippen molar-refractivity contribution >= 4 is 5.69 Å². The molecule has 1 heterocycles. The maximum atomic E-state index is 3.96. The quantitative estimate of drug-likeness (QED) is 0.797. The Hall–Kier alpha value is -2.69. The first kappa shape index (κ1) is 13.3. The Labute approximate surface area is 123 Å². The second-order valence-corrected chi connectivity index (χ2v) is 4.99. The van der Waals surface area contributed by atoms with Gasteiger partial charge in [0.2, 0.25) is 0 Å². The van der Waals surface area contributed by atoms with Crippen LogP contribution in [0.4, 0.5) is 5.69 Å². The van der Waals surface area contributed by atoms with Crippen LogP contribution in [0.1, 0.15) is 24.1 Å². The molecule has 5 nitrogen and oxygen atoms in total. The van der Waals surface area contributed by atoms with Crippen molar-refractivity contribution in [3.8, 4) is 5.69 Å². The molecule has 1 N–H and O–H groups in total. The van der Waals surface area contributed by atoms with Crippen molar-refractivity contribution in [2.45, 2.75) is 19.9 Å².